The van der Waals surface area contributed by atoms with E-state index in [1.54, 1.807) is 24.3 Å². The van der Waals surface area contributed by atoms with Gasteiger partial charge < -0.3 is 5.11 Å². The van der Waals surface area contributed by atoms with E-state index in [2.05, 4.69) is 0 Å². The normalized spacial score (nSPS) is 11.2. The number of para-hydroxylation sites is 1. The van der Waals surface area contributed by atoms with Gasteiger partial charge in [0.15, 0.2) is 0 Å². The number of hydrogen-bond donors (Lipinski definition) is 1. The van der Waals surface area contributed by atoms with Crippen LogP contribution in [0.5, 0.6) is 0 Å². The predicted octanol–water partition coefficient (Wildman–Crippen LogP) is 3.84. The van der Waals surface area contributed by atoms with Gasteiger partial charge in [0.1, 0.15) is 4.88 Å². The van der Waals surface area contributed by atoms with Gasteiger partial charge in [-0.3, -0.25) is 4.31 Å². The van der Waals surface area contributed by atoms with Crippen molar-refractivity contribution in [1.29, 1.82) is 0 Å². The zero-order chi connectivity index (χ0) is 17.9. The van der Waals surface area contributed by atoms with Crippen molar-refractivity contribution in [2.75, 3.05) is 4.31 Å². The lowest BCUT2D eigenvalue weighted by Gasteiger charge is -2.24. The van der Waals surface area contributed by atoms with Crippen molar-refractivity contribution in [3.05, 3.63) is 82.6 Å². The summed E-state index contributed by atoms with van der Waals surface area (Å²) in [4.78, 5) is 11.0. The van der Waals surface area contributed by atoms with Crippen LogP contribution in [0.1, 0.15) is 15.2 Å². The lowest BCUT2D eigenvalue weighted by molar-refractivity contribution is 0.0702. The SMILES string of the molecule is O=C(O)c1cc(S(=O)(=O)N(Cc2ccccc2)c2ccccc2)cs1. The lowest BCUT2D eigenvalue weighted by Crippen LogP contribution is -2.30. The number of hydrogen-bond acceptors (Lipinski definition) is 4. The van der Waals surface area contributed by atoms with E-state index in [4.69, 9.17) is 5.11 Å². The van der Waals surface area contributed by atoms with Crippen LogP contribution < -0.4 is 4.31 Å². The highest BCUT2D eigenvalue weighted by Gasteiger charge is 2.27. The molecule has 0 aliphatic heterocycles. The third-order valence-electron chi connectivity index (χ3n) is 3.59. The first-order valence-corrected chi connectivity index (χ1v) is 9.74. The Bertz CT molecular complexity index is 967. The third-order valence-corrected chi connectivity index (χ3v) is 6.41. The standard InChI is InChI=1S/C18H15NO4S2/c20-18(21)17-11-16(13-24-17)25(22,23)19(15-9-5-2-6-10-15)12-14-7-3-1-4-8-14/h1-11,13H,12H2,(H,20,21). The average molecular weight is 373 g/mol. The van der Waals surface area contributed by atoms with Crippen LogP contribution in [-0.2, 0) is 16.6 Å². The Labute approximate surface area is 149 Å². The number of thiophene rings is 1. The van der Waals surface area contributed by atoms with Crippen LogP contribution >= 0.6 is 11.3 Å². The van der Waals surface area contributed by atoms with Gasteiger partial charge in [-0.2, -0.15) is 0 Å². The van der Waals surface area contributed by atoms with Gasteiger partial charge in [-0.05, 0) is 23.8 Å². The highest BCUT2D eigenvalue weighted by atomic mass is 32.2. The van der Waals surface area contributed by atoms with Crippen molar-refractivity contribution in [2.24, 2.45) is 0 Å². The zero-order valence-electron chi connectivity index (χ0n) is 13.1. The second kappa shape index (κ2) is 7.08. The summed E-state index contributed by atoms with van der Waals surface area (Å²) in [7, 11) is -3.88. The zero-order valence-corrected chi connectivity index (χ0v) is 14.7. The molecule has 0 aliphatic carbocycles. The van der Waals surface area contributed by atoms with Gasteiger partial charge in [-0.25, -0.2) is 13.2 Å². The van der Waals surface area contributed by atoms with E-state index in [-0.39, 0.29) is 16.3 Å². The molecule has 5 nitrogen and oxygen atoms in total. The molecule has 0 unspecified atom stereocenters. The molecule has 0 amide bonds. The Morgan fingerprint density at radius 2 is 1.60 bits per heavy atom. The molecule has 3 aromatic rings. The fourth-order valence-corrected chi connectivity index (χ4v) is 4.90. The van der Waals surface area contributed by atoms with Gasteiger partial charge in [0.2, 0.25) is 0 Å². The molecule has 0 saturated carbocycles. The maximum absolute atomic E-state index is 13.1. The summed E-state index contributed by atoms with van der Waals surface area (Å²) in [5, 5.41) is 10.4. The van der Waals surface area contributed by atoms with Crippen molar-refractivity contribution < 1.29 is 18.3 Å². The first-order valence-electron chi connectivity index (χ1n) is 7.42. The number of benzene rings is 2. The summed E-state index contributed by atoms with van der Waals surface area (Å²) in [6, 6.07) is 19.2. The van der Waals surface area contributed by atoms with Crippen molar-refractivity contribution in [1.82, 2.24) is 0 Å². The summed E-state index contributed by atoms with van der Waals surface area (Å²) in [5.41, 5.74) is 1.36. The van der Waals surface area contributed by atoms with Gasteiger partial charge in [-0.1, -0.05) is 48.5 Å². The summed E-state index contributed by atoms with van der Waals surface area (Å²) < 4.78 is 27.5. The number of sulfonamides is 1. The van der Waals surface area contributed by atoms with Crippen LogP contribution in [-0.4, -0.2) is 19.5 Å². The summed E-state index contributed by atoms with van der Waals surface area (Å²) in [5.74, 6) is -1.14. The largest absolute Gasteiger partial charge is 0.477 e. The first-order chi connectivity index (χ1) is 12.0. The van der Waals surface area contributed by atoms with Crippen LogP contribution in [0.2, 0.25) is 0 Å². The Hall–Kier alpha value is -2.64. The smallest absolute Gasteiger partial charge is 0.345 e. The molecule has 25 heavy (non-hydrogen) atoms. The topological polar surface area (TPSA) is 74.7 Å². The molecular formula is C18H15NO4S2. The van der Waals surface area contributed by atoms with Crippen LogP contribution in [0.25, 0.3) is 0 Å². The molecule has 3 rings (SSSR count). The number of carboxylic acid groups (broad SMARTS) is 1. The van der Waals surface area contributed by atoms with E-state index in [0.29, 0.717) is 5.69 Å². The van der Waals surface area contributed by atoms with E-state index < -0.39 is 16.0 Å². The number of carboxylic acids is 1. The Morgan fingerprint density at radius 3 is 2.16 bits per heavy atom. The second-order valence-electron chi connectivity index (χ2n) is 5.28. The Balaban J connectivity index is 2.04. The molecule has 7 heteroatoms. The maximum Gasteiger partial charge on any atom is 0.345 e. The predicted molar refractivity (Wildman–Crippen MR) is 97.5 cm³/mol. The molecule has 2 aromatic carbocycles. The summed E-state index contributed by atoms with van der Waals surface area (Å²) in [6.45, 7) is 0.158. The molecular weight excluding hydrogens is 358 g/mol. The van der Waals surface area contributed by atoms with E-state index in [0.717, 1.165) is 16.9 Å². The van der Waals surface area contributed by atoms with Crippen LogP contribution in [0.15, 0.2) is 77.0 Å². The molecule has 1 aromatic heterocycles. The molecule has 1 heterocycles. The molecule has 0 spiro atoms. The fourth-order valence-electron chi connectivity index (χ4n) is 2.35. The fraction of sp³-hybridized carbons (Fsp3) is 0.0556. The summed E-state index contributed by atoms with van der Waals surface area (Å²) in [6.07, 6.45) is 0. The molecule has 0 saturated heterocycles. The van der Waals surface area contributed by atoms with E-state index >= 15 is 0 Å². The molecule has 0 atom stereocenters. The summed E-state index contributed by atoms with van der Waals surface area (Å²) >= 11 is 0.898. The van der Waals surface area contributed by atoms with Gasteiger partial charge in [0, 0.05) is 5.38 Å². The van der Waals surface area contributed by atoms with Gasteiger partial charge in [0.05, 0.1) is 17.1 Å². The maximum atomic E-state index is 13.1. The monoisotopic (exact) mass is 373 g/mol. The van der Waals surface area contributed by atoms with Gasteiger partial charge in [0.25, 0.3) is 10.0 Å². The van der Waals surface area contributed by atoms with Crippen LogP contribution in [0, 0.1) is 0 Å². The first kappa shape index (κ1) is 17.2. The van der Waals surface area contributed by atoms with Gasteiger partial charge in [-0.15, -0.1) is 11.3 Å². The number of carbonyl (C=O) groups is 1. The Morgan fingerprint density at radius 1 is 1.00 bits per heavy atom. The van der Waals surface area contributed by atoms with Crippen molar-refractivity contribution in [3.63, 3.8) is 0 Å². The molecule has 0 fully saturated rings. The van der Waals surface area contributed by atoms with E-state index in [1.165, 1.54) is 15.8 Å². The minimum atomic E-state index is -3.88. The quantitative estimate of drug-likeness (QED) is 0.712. The average Bonchev–Trinajstić information content (AvgIpc) is 3.12. The molecule has 0 radical (unpaired) electrons. The highest BCUT2D eigenvalue weighted by Crippen LogP contribution is 2.28. The van der Waals surface area contributed by atoms with E-state index in [1.807, 2.05) is 36.4 Å². The van der Waals surface area contributed by atoms with E-state index in [9.17, 15) is 13.2 Å². The number of nitrogens with zero attached hydrogens (tertiary/aromatic N) is 1. The second-order valence-corrected chi connectivity index (χ2v) is 8.06. The van der Waals surface area contributed by atoms with Crippen LogP contribution in [0.3, 0.4) is 0 Å². The number of anilines is 1. The van der Waals surface area contributed by atoms with Gasteiger partial charge >= 0.3 is 5.97 Å². The minimum Gasteiger partial charge on any atom is -0.477 e. The molecule has 0 aliphatic rings. The Kier molecular flexibility index (Phi) is 4.87. The van der Waals surface area contributed by atoms with Crippen molar-refractivity contribution in [3.8, 4) is 0 Å². The number of rotatable bonds is 6. The number of aromatic carboxylic acids is 1. The highest BCUT2D eigenvalue weighted by molar-refractivity contribution is 7.93. The third kappa shape index (κ3) is 3.72. The molecule has 128 valence electrons. The minimum absolute atomic E-state index is 0.00806. The van der Waals surface area contributed by atoms with Crippen molar-refractivity contribution in [2.45, 2.75) is 11.4 Å². The lowest BCUT2D eigenvalue weighted by atomic mass is 10.2. The van der Waals surface area contributed by atoms with Crippen molar-refractivity contribution >= 4 is 33.0 Å². The van der Waals surface area contributed by atoms with Crippen LogP contribution in [0.4, 0.5) is 5.69 Å². The molecule has 1 N–H and O–H groups in total. The molecule has 0 bridgehead atoms.